The summed E-state index contributed by atoms with van der Waals surface area (Å²) in [5, 5.41) is 4.60. The van der Waals surface area contributed by atoms with Gasteiger partial charge in [0, 0.05) is 32.7 Å². The predicted octanol–water partition coefficient (Wildman–Crippen LogP) is 0.990. The van der Waals surface area contributed by atoms with Crippen LogP contribution in [0.3, 0.4) is 0 Å². The highest BCUT2D eigenvalue weighted by Gasteiger charge is 2.19. The summed E-state index contributed by atoms with van der Waals surface area (Å²) in [6.45, 7) is 11.3. The highest BCUT2D eigenvalue weighted by atomic mass is 35.5. The average molecular weight is 328 g/mol. The number of nitrogens with zero attached hydrogens (tertiary/aromatic N) is 5. The Kier molecular flexibility index (Phi) is 6.23. The van der Waals surface area contributed by atoms with Crippen LogP contribution in [0.4, 0.5) is 5.69 Å². The van der Waals surface area contributed by atoms with E-state index in [0.717, 1.165) is 51.5 Å². The standard InChI is InChI=1S/C15H26ClN5O/c1-4-19(5-2)8-11-21-15(22)14(16)13(12-17-21)20-9-6-18(3)7-10-20/h12H,4-11H2,1-3H3. The van der Waals surface area contributed by atoms with E-state index in [1.54, 1.807) is 6.20 Å². The first-order valence-corrected chi connectivity index (χ1v) is 8.36. The van der Waals surface area contributed by atoms with E-state index in [4.69, 9.17) is 11.6 Å². The SMILES string of the molecule is CCN(CC)CCn1ncc(N2CCN(C)CC2)c(Cl)c1=O. The summed E-state index contributed by atoms with van der Waals surface area (Å²) in [7, 11) is 2.10. The van der Waals surface area contributed by atoms with E-state index in [0.29, 0.717) is 11.6 Å². The molecule has 0 unspecified atom stereocenters. The van der Waals surface area contributed by atoms with Crippen LogP contribution < -0.4 is 10.5 Å². The van der Waals surface area contributed by atoms with Crippen LogP contribution in [0.1, 0.15) is 13.8 Å². The van der Waals surface area contributed by atoms with Crippen molar-refractivity contribution in [3.05, 3.63) is 21.6 Å². The first-order chi connectivity index (χ1) is 10.6. The van der Waals surface area contributed by atoms with E-state index in [2.05, 4.69) is 40.7 Å². The average Bonchev–Trinajstić information content (AvgIpc) is 2.53. The van der Waals surface area contributed by atoms with Gasteiger partial charge in [0.25, 0.3) is 5.56 Å². The number of hydrogen-bond acceptors (Lipinski definition) is 5. The van der Waals surface area contributed by atoms with Crippen LogP contribution in [-0.4, -0.2) is 72.4 Å². The summed E-state index contributed by atoms with van der Waals surface area (Å²) < 4.78 is 1.47. The van der Waals surface area contributed by atoms with Crippen molar-refractivity contribution in [1.82, 2.24) is 19.6 Å². The minimum absolute atomic E-state index is 0.190. The maximum Gasteiger partial charge on any atom is 0.287 e. The Hall–Kier alpha value is -1.11. The van der Waals surface area contributed by atoms with Crippen molar-refractivity contribution >= 4 is 17.3 Å². The van der Waals surface area contributed by atoms with Gasteiger partial charge in [-0.2, -0.15) is 5.10 Å². The molecule has 7 heteroatoms. The molecule has 1 saturated heterocycles. The molecule has 1 aliphatic rings. The zero-order valence-corrected chi connectivity index (χ0v) is 14.5. The number of likely N-dealkylation sites (N-methyl/N-ethyl adjacent to an activating group) is 2. The zero-order chi connectivity index (χ0) is 16.1. The molecule has 1 aliphatic heterocycles. The molecule has 1 fully saturated rings. The second-order valence-electron chi connectivity index (χ2n) is 5.69. The largest absolute Gasteiger partial charge is 0.366 e. The third-order valence-electron chi connectivity index (χ3n) is 4.33. The van der Waals surface area contributed by atoms with Crippen molar-refractivity contribution in [2.75, 3.05) is 57.8 Å². The fourth-order valence-corrected chi connectivity index (χ4v) is 2.93. The highest BCUT2D eigenvalue weighted by Crippen LogP contribution is 2.21. The van der Waals surface area contributed by atoms with E-state index in [1.807, 2.05) is 0 Å². The molecule has 22 heavy (non-hydrogen) atoms. The molecule has 0 saturated carbocycles. The Morgan fingerprint density at radius 3 is 2.45 bits per heavy atom. The molecule has 0 atom stereocenters. The van der Waals surface area contributed by atoms with E-state index >= 15 is 0 Å². The highest BCUT2D eigenvalue weighted by molar-refractivity contribution is 6.33. The van der Waals surface area contributed by atoms with Gasteiger partial charge in [-0.25, -0.2) is 4.68 Å². The second-order valence-corrected chi connectivity index (χ2v) is 6.07. The Morgan fingerprint density at radius 1 is 1.23 bits per heavy atom. The summed E-state index contributed by atoms with van der Waals surface area (Å²) in [5.41, 5.74) is 0.573. The van der Waals surface area contributed by atoms with Gasteiger partial charge in [0.1, 0.15) is 5.02 Å². The Bertz CT molecular complexity index is 535. The van der Waals surface area contributed by atoms with E-state index in [1.165, 1.54) is 4.68 Å². The minimum Gasteiger partial charge on any atom is -0.366 e. The topological polar surface area (TPSA) is 44.6 Å². The van der Waals surface area contributed by atoms with Gasteiger partial charge in [0.2, 0.25) is 0 Å². The van der Waals surface area contributed by atoms with Crippen LogP contribution in [0.2, 0.25) is 5.02 Å². The molecule has 1 aromatic rings. The van der Waals surface area contributed by atoms with Crippen molar-refractivity contribution in [2.45, 2.75) is 20.4 Å². The van der Waals surface area contributed by atoms with Crippen LogP contribution in [0.15, 0.2) is 11.0 Å². The van der Waals surface area contributed by atoms with Crippen molar-refractivity contribution in [3.8, 4) is 0 Å². The molecular weight excluding hydrogens is 302 g/mol. The van der Waals surface area contributed by atoms with Crippen LogP contribution in [0.5, 0.6) is 0 Å². The quantitative estimate of drug-likeness (QED) is 0.779. The second kappa shape index (κ2) is 7.94. The summed E-state index contributed by atoms with van der Waals surface area (Å²) >= 11 is 6.31. The van der Waals surface area contributed by atoms with Crippen LogP contribution in [-0.2, 0) is 6.54 Å². The first-order valence-electron chi connectivity index (χ1n) is 7.98. The van der Waals surface area contributed by atoms with Crippen molar-refractivity contribution in [2.24, 2.45) is 0 Å². The van der Waals surface area contributed by atoms with E-state index in [9.17, 15) is 4.79 Å². The molecule has 1 aromatic heterocycles. The lowest BCUT2D eigenvalue weighted by Gasteiger charge is -2.34. The van der Waals surface area contributed by atoms with Gasteiger partial charge >= 0.3 is 0 Å². The number of hydrogen-bond donors (Lipinski definition) is 0. The van der Waals surface area contributed by atoms with Gasteiger partial charge in [0.05, 0.1) is 18.4 Å². The lowest BCUT2D eigenvalue weighted by atomic mass is 10.3. The van der Waals surface area contributed by atoms with Gasteiger partial charge in [-0.3, -0.25) is 4.79 Å². The van der Waals surface area contributed by atoms with Crippen molar-refractivity contribution in [1.29, 1.82) is 0 Å². The summed E-state index contributed by atoms with van der Waals surface area (Å²) in [4.78, 5) is 19.1. The Labute approximate surface area is 137 Å². The molecule has 0 bridgehead atoms. The van der Waals surface area contributed by atoms with Crippen LogP contribution in [0.25, 0.3) is 0 Å². The Morgan fingerprint density at radius 2 is 1.86 bits per heavy atom. The fraction of sp³-hybridized carbons (Fsp3) is 0.733. The Balaban J connectivity index is 2.10. The molecule has 0 radical (unpaired) electrons. The molecule has 0 amide bonds. The smallest absolute Gasteiger partial charge is 0.287 e. The summed E-state index contributed by atoms with van der Waals surface area (Å²) in [6.07, 6.45) is 1.73. The summed E-state index contributed by atoms with van der Waals surface area (Å²) in [6, 6.07) is 0. The zero-order valence-electron chi connectivity index (χ0n) is 13.8. The number of halogens is 1. The molecule has 0 N–H and O–H groups in total. The van der Waals surface area contributed by atoms with Gasteiger partial charge in [0.15, 0.2) is 0 Å². The monoisotopic (exact) mass is 327 g/mol. The molecule has 124 valence electrons. The van der Waals surface area contributed by atoms with Crippen molar-refractivity contribution in [3.63, 3.8) is 0 Å². The maximum atomic E-state index is 12.4. The molecular formula is C15H26ClN5O. The van der Waals surface area contributed by atoms with Gasteiger partial charge in [-0.15, -0.1) is 0 Å². The normalized spacial score (nSPS) is 16.5. The molecule has 0 spiro atoms. The lowest BCUT2D eigenvalue weighted by molar-refractivity contribution is 0.282. The molecule has 0 aliphatic carbocycles. The van der Waals surface area contributed by atoms with Crippen LogP contribution >= 0.6 is 11.6 Å². The summed E-state index contributed by atoms with van der Waals surface area (Å²) in [5.74, 6) is 0. The van der Waals surface area contributed by atoms with E-state index < -0.39 is 0 Å². The molecule has 6 nitrogen and oxygen atoms in total. The van der Waals surface area contributed by atoms with Crippen LogP contribution in [0, 0.1) is 0 Å². The van der Waals surface area contributed by atoms with Crippen molar-refractivity contribution < 1.29 is 0 Å². The number of aromatic nitrogens is 2. The van der Waals surface area contributed by atoms with E-state index in [-0.39, 0.29) is 5.56 Å². The number of rotatable bonds is 6. The third-order valence-corrected chi connectivity index (χ3v) is 4.69. The first kappa shape index (κ1) is 17.2. The third kappa shape index (κ3) is 4.00. The molecule has 2 heterocycles. The van der Waals surface area contributed by atoms with Gasteiger partial charge < -0.3 is 14.7 Å². The van der Waals surface area contributed by atoms with Gasteiger partial charge in [-0.05, 0) is 20.1 Å². The predicted molar refractivity (Wildman–Crippen MR) is 91.0 cm³/mol. The lowest BCUT2D eigenvalue weighted by Crippen LogP contribution is -2.45. The maximum absolute atomic E-state index is 12.4. The minimum atomic E-state index is -0.190. The molecule has 2 rings (SSSR count). The van der Waals surface area contributed by atoms with Gasteiger partial charge in [-0.1, -0.05) is 25.4 Å². The number of piperazine rings is 1. The molecule has 0 aromatic carbocycles. The fourth-order valence-electron chi connectivity index (χ4n) is 2.66. The number of anilines is 1.